The molecule has 3 heterocycles. The summed E-state index contributed by atoms with van der Waals surface area (Å²) in [6, 6.07) is 7.28. The number of benzene rings is 1. The minimum Gasteiger partial charge on any atom is -0.465 e. The first-order valence-corrected chi connectivity index (χ1v) is 11.4. The van der Waals surface area contributed by atoms with E-state index in [-0.39, 0.29) is 27.9 Å². The minimum absolute atomic E-state index is 0.0142. The van der Waals surface area contributed by atoms with E-state index < -0.39 is 34.1 Å². The van der Waals surface area contributed by atoms with Gasteiger partial charge in [0.05, 0.1) is 16.5 Å². The molecular formula is C20H18ClN5O6S. The van der Waals surface area contributed by atoms with Crippen LogP contribution in [0.25, 0.3) is 11.0 Å². The minimum atomic E-state index is -4.03. The van der Waals surface area contributed by atoms with E-state index in [2.05, 4.69) is 10.3 Å². The lowest BCUT2D eigenvalue weighted by atomic mass is 10.2. The fraction of sp³-hybridized carbons (Fsp3) is 0.200. The lowest BCUT2D eigenvalue weighted by Crippen LogP contribution is -2.44. The Morgan fingerprint density at radius 3 is 2.48 bits per heavy atom. The number of carbonyl (C=O) groups excluding carboxylic acids is 2. The zero-order valence-electron chi connectivity index (χ0n) is 17.4. The van der Waals surface area contributed by atoms with Crippen molar-refractivity contribution in [2.75, 3.05) is 18.5 Å². The van der Waals surface area contributed by atoms with Gasteiger partial charge in [0.15, 0.2) is 5.65 Å². The van der Waals surface area contributed by atoms with Crippen molar-refractivity contribution in [1.29, 1.82) is 0 Å². The van der Waals surface area contributed by atoms with Crippen LogP contribution in [0.4, 0.5) is 15.4 Å². The van der Waals surface area contributed by atoms with Gasteiger partial charge in [-0.3, -0.25) is 9.69 Å². The molecule has 0 spiro atoms. The second kappa shape index (κ2) is 8.05. The number of aryl methyl sites for hydroxylation is 1. The maximum atomic E-state index is 13.2. The molecule has 0 radical (unpaired) electrons. The Balaban J connectivity index is 1.71. The summed E-state index contributed by atoms with van der Waals surface area (Å²) in [5, 5.41) is 11.9. The van der Waals surface area contributed by atoms with Crippen LogP contribution in [0.3, 0.4) is 0 Å². The molecule has 1 fully saturated rings. The SMILES string of the molecule is Cc1ccc(S(=O)(=O)n2cc(Cl)c3ccc(N(C)C(=O)C4CN(C(=O)O)C(=O)N4)nc32)cc1. The maximum absolute atomic E-state index is 13.2. The summed E-state index contributed by atoms with van der Waals surface area (Å²) >= 11 is 6.24. The van der Waals surface area contributed by atoms with E-state index >= 15 is 0 Å². The second-order valence-corrected chi connectivity index (χ2v) is 9.65. The maximum Gasteiger partial charge on any atom is 0.415 e. The van der Waals surface area contributed by atoms with E-state index in [1.54, 1.807) is 12.1 Å². The number of rotatable bonds is 4. The third-order valence-electron chi connectivity index (χ3n) is 5.25. The highest BCUT2D eigenvalue weighted by molar-refractivity contribution is 7.90. The van der Waals surface area contributed by atoms with Crippen molar-refractivity contribution >= 4 is 56.5 Å². The van der Waals surface area contributed by atoms with Crippen molar-refractivity contribution in [2.24, 2.45) is 0 Å². The number of imide groups is 1. The summed E-state index contributed by atoms with van der Waals surface area (Å²) in [5.74, 6) is -0.532. The number of anilines is 1. The monoisotopic (exact) mass is 491 g/mol. The molecule has 1 aromatic carbocycles. The number of carboxylic acid groups (broad SMARTS) is 1. The summed E-state index contributed by atoms with van der Waals surface area (Å²) in [6.45, 7) is 1.48. The quantitative estimate of drug-likeness (QED) is 0.570. The molecule has 0 saturated carbocycles. The fourth-order valence-electron chi connectivity index (χ4n) is 3.41. The smallest absolute Gasteiger partial charge is 0.415 e. The van der Waals surface area contributed by atoms with E-state index in [0.29, 0.717) is 10.3 Å². The third-order valence-corrected chi connectivity index (χ3v) is 7.21. The highest BCUT2D eigenvalue weighted by atomic mass is 35.5. The molecule has 1 unspecified atom stereocenters. The predicted molar refractivity (Wildman–Crippen MR) is 119 cm³/mol. The number of urea groups is 1. The van der Waals surface area contributed by atoms with Crippen LogP contribution >= 0.6 is 11.6 Å². The van der Waals surface area contributed by atoms with Gasteiger partial charge in [0, 0.05) is 18.6 Å². The van der Waals surface area contributed by atoms with Crippen LogP contribution in [0.5, 0.6) is 0 Å². The molecule has 33 heavy (non-hydrogen) atoms. The molecule has 0 bridgehead atoms. The summed E-state index contributed by atoms with van der Waals surface area (Å²) in [7, 11) is -2.64. The van der Waals surface area contributed by atoms with Crippen LogP contribution < -0.4 is 10.2 Å². The predicted octanol–water partition coefficient (Wildman–Crippen LogP) is 2.27. The Hall–Kier alpha value is -3.64. The number of carbonyl (C=O) groups is 3. The van der Waals surface area contributed by atoms with Gasteiger partial charge in [-0.1, -0.05) is 29.3 Å². The highest BCUT2D eigenvalue weighted by Gasteiger charge is 2.39. The molecule has 11 nitrogen and oxygen atoms in total. The zero-order valence-corrected chi connectivity index (χ0v) is 19.0. The molecule has 0 aliphatic carbocycles. The van der Waals surface area contributed by atoms with Crippen LogP contribution in [-0.2, 0) is 14.8 Å². The molecule has 13 heteroatoms. The number of likely N-dealkylation sites (N-methyl/N-ethyl adjacent to an activating group) is 1. The van der Waals surface area contributed by atoms with Crippen LogP contribution in [0.1, 0.15) is 5.56 Å². The highest BCUT2D eigenvalue weighted by Crippen LogP contribution is 2.30. The summed E-state index contributed by atoms with van der Waals surface area (Å²) in [5.41, 5.74) is 0.908. The summed E-state index contributed by atoms with van der Waals surface area (Å²) < 4.78 is 27.4. The number of hydrogen-bond acceptors (Lipinski definition) is 6. The molecule has 1 saturated heterocycles. The van der Waals surface area contributed by atoms with Gasteiger partial charge in [0.25, 0.3) is 15.9 Å². The van der Waals surface area contributed by atoms with Gasteiger partial charge in [-0.2, -0.15) is 0 Å². The average Bonchev–Trinajstić information content (AvgIpc) is 3.33. The lowest BCUT2D eigenvalue weighted by Gasteiger charge is -2.20. The van der Waals surface area contributed by atoms with Crippen molar-refractivity contribution in [3.8, 4) is 0 Å². The average molecular weight is 492 g/mol. The number of aromatic nitrogens is 2. The molecule has 2 aromatic heterocycles. The van der Waals surface area contributed by atoms with Crippen molar-refractivity contribution in [3.63, 3.8) is 0 Å². The van der Waals surface area contributed by atoms with Gasteiger partial charge in [0.2, 0.25) is 0 Å². The van der Waals surface area contributed by atoms with E-state index in [9.17, 15) is 22.8 Å². The first-order chi connectivity index (χ1) is 15.5. The topological polar surface area (TPSA) is 142 Å². The van der Waals surface area contributed by atoms with Gasteiger partial charge in [-0.15, -0.1) is 0 Å². The number of amides is 4. The van der Waals surface area contributed by atoms with Crippen molar-refractivity contribution in [2.45, 2.75) is 17.9 Å². The standard InChI is InChI=1S/C20H18ClN5O6S/c1-11-3-5-12(6-4-11)33(31,32)26-9-14(21)13-7-8-16(23-17(13)26)24(2)18(27)15-10-25(20(29)30)19(28)22-15/h3-9,15H,10H2,1-2H3,(H,22,28)(H,29,30). The number of halogens is 1. The second-order valence-electron chi connectivity index (χ2n) is 7.42. The number of pyridine rings is 1. The normalized spacial score (nSPS) is 16.2. The molecule has 1 aliphatic rings. The van der Waals surface area contributed by atoms with Gasteiger partial charge >= 0.3 is 12.1 Å². The molecular weight excluding hydrogens is 474 g/mol. The Labute approximate surface area is 193 Å². The van der Waals surface area contributed by atoms with Crippen molar-refractivity contribution < 1.29 is 27.9 Å². The number of hydrogen-bond donors (Lipinski definition) is 2. The Bertz CT molecular complexity index is 1400. The van der Waals surface area contributed by atoms with Gasteiger partial charge < -0.3 is 10.4 Å². The van der Waals surface area contributed by atoms with Crippen molar-refractivity contribution in [3.05, 3.63) is 53.2 Å². The Kier molecular flexibility index (Phi) is 5.50. The first kappa shape index (κ1) is 22.6. The van der Waals surface area contributed by atoms with E-state index in [0.717, 1.165) is 14.4 Å². The molecule has 4 amide bonds. The van der Waals surface area contributed by atoms with Crippen LogP contribution in [0.2, 0.25) is 5.02 Å². The molecule has 2 N–H and O–H groups in total. The zero-order chi connectivity index (χ0) is 24.1. The van der Waals surface area contributed by atoms with Gasteiger partial charge in [-0.25, -0.2) is 31.9 Å². The number of nitrogens with zero attached hydrogens (tertiary/aromatic N) is 4. The van der Waals surface area contributed by atoms with Crippen LogP contribution in [0.15, 0.2) is 47.5 Å². The third kappa shape index (κ3) is 3.87. The number of nitrogens with one attached hydrogen (secondary N) is 1. The molecule has 1 aliphatic heterocycles. The van der Waals surface area contributed by atoms with Crippen molar-refractivity contribution in [1.82, 2.24) is 19.2 Å². The molecule has 3 aromatic rings. The summed E-state index contributed by atoms with van der Waals surface area (Å²) in [4.78, 5) is 41.6. The van der Waals surface area contributed by atoms with Gasteiger partial charge in [-0.05, 0) is 31.2 Å². The largest absolute Gasteiger partial charge is 0.465 e. The molecule has 1 atom stereocenters. The molecule has 172 valence electrons. The van der Waals surface area contributed by atoms with E-state index in [1.807, 2.05) is 6.92 Å². The lowest BCUT2D eigenvalue weighted by molar-refractivity contribution is -0.119. The Morgan fingerprint density at radius 2 is 1.88 bits per heavy atom. The molecule has 4 rings (SSSR count). The van der Waals surface area contributed by atoms with Crippen LogP contribution in [0, 0.1) is 6.92 Å². The van der Waals surface area contributed by atoms with Crippen LogP contribution in [-0.4, -0.2) is 65.0 Å². The number of fused-ring (bicyclic) bond motifs is 1. The van der Waals surface area contributed by atoms with E-state index in [1.165, 1.54) is 37.5 Å². The van der Waals surface area contributed by atoms with E-state index in [4.69, 9.17) is 16.7 Å². The Morgan fingerprint density at radius 1 is 1.21 bits per heavy atom. The van der Waals surface area contributed by atoms with Gasteiger partial charge in [0.1, 0.15) is 11.9 Å². The summed E-state index contributed by atoms with van der Waals surface area (Å²) in [6.07, 6.45) is -0.235. The fourth-order valence-corrected chi connectivity index (χ4v) is 5.03. The first-order valence-electron chi connectivity index (χ1n) is 9.59.